The van der Waals surface area contributed by atoms with Crippen molar-refractivity contribution in [3.8, 4) is 0 Å². The van der Waals surface area contributed by atoms with Gasteiger partial charge in [-0.2, -0.15) is 0 Å². The van der Waals surface area contributed by atoms with E-state index in [1.807, 2.05) is 12.1 Å². The van der Waals surface area contributed by atoms with E-state index in [2.05, 4.69) is 21.0 Å². The van der Waals surface area contributed by atoms with E-state index in [0.717, 1.165) is 11.0 Å². The van der Waals surface area contributed by atoms with Crippen molar-refractivity contribution < 1.29 is 31.5 Å². The highest BCUT2D eigenvalue weighted by Crippen LogP contribution is 2.31. The number of aliphatic hydroxyl groups is 1. The molecular weight excluding hydrogens is 338 g/mol. The standard InChI is InChI=1S/C20H26NO3.ClH/c1-4-21(2,3)15-16-24-19(22)20(23,17-11-7-5-8-12-17)18-13-9-6-10-14-18;/h5-14,23H,4,15-16H2,1-3H3;1H/q+1;/p-1. The number of esters is 1. The predicted molar refractivity (Wildman–Crippen MR) is 94.4 cm³/mol. The quantitative estimate of drug-likeness (QED) is 0.536. The fourth-order valence-electron chi connectivity index (χ4n) is 2.41. The lowest BCUT2D eigenvalue weighted by molar-refractivity contribution is -0.888. The van der Waals surface area contributed by atoms with Crippen molar-refractivity contribution in [3.63, 3.8) is 0 Å². The molecule has 2 aromatic rings. The summed E-state index contributed by atoms with van der Waals surface area (Å²) in [6, 6.07) is 17.8. The average molecular weight is 364 g/mol. The number of quaternary nitrogens is 1. The van der Waals surface area contributed by atoms with Gasteiger partial charge in [0, 0.05) is 0 Å². The monoisotopic (exact) mass is 363 g/mol. The van der Waals surface area contributed by atoms with Crippen molar-refractivity contribution in [2.75, 3.05) is 33.8 Å². The Balaban J connectivity index is 0.00000312. The molecule has 1 N–H and O–H groups in total. The van der Waals surface area contributed by atoms with Crippen LogP contribution in [0, 0.1) is 0 Å². The molecule has 2 aromatic carbocycles. The van der Waals surface area contributed by atoms with Gasteiger partial charge >= 0.3 is 5.97 Å². The summed E-state index contributed by atoms with van der Waals surface area (Å²) in [7, 11) is 4.16. The summed E-state index contributed by atoms with van der Waals surface area (Å²) in [5.41, 5.74) is -0.790. The van der Waals surface area contributed by atoms with E-state index in [4.69, 9.17) is 4.74 Å². The lowest BCUT2D eigenvalue weighted by Crippen LogP contribution is -3.00. The molecule has 0 aliphatic carbocycles. The van der Waals surface area contributed by atoms with Gasteiger partial charge in [-0.3, -0.25) is 0 Å². The smallest absolute Gasteiger partial charge is 0.347 e. The zero-order chi connectivity index (χ0) is 17.6. The summed E-state index contributed by atoms with van der Waals surface area (Å²) in [5.74, 6) is -0.643. The van der Waals surface area contributed by atoms with Crippen LogP contribution in [0.5, 0.6) is 0 Å². The largest absolute Gasteiger partial charge is 1.00 e. The fraction of sp³-hybridized carbons (Fsp3) is 0.350. The van der Waals surface area contributed by atoms with Gasteiger partial charge in [0.25, 0.3) is 0 Å². The van der Waals surface area contributed by atoms with Crippen molar-refractivity contribution in [2.45, 2.75) is 12.5 Å². The van der Waals surface area contributed by atoms with Crippen LogP contribution in [0.3, 0.4) is 0 Å². The van der Waals surface area contributed by atoms with Crippen LogP contribution in [-0.2, 0) is 15.1 Å². The van der Waals surface area contributed by atoms with Crippen LogP contribution in [0.2, 0.25) is 0 Å². The zero-order valence-electron chi connectivity index (χ0n) is 15.0. The summed E-state index contributed by atoms with van der Waals surface area (Å²) in [6.45, 7) is 3.99. The highest BCUT2D eigenvalue weighted by atomic mass is 35.5. The SMILES string of the molecule is CC[N+](C)(C)CCOC(=O)C(O)(c1ccccc1)c1ccccc1.[Cl-]. The van der Waals surface area contributed by atoms with Crippen molar-refractivity contribution in [2.24, 2.45) is 0 Å². The van der Waals surface area contributed by atoms with Crippen LogP contribution in [0.1, 0.15) is 18.1 Å². The number of ether oxygens (including phenoxy) is 1. The molecule has 136 valence electrons. The summed E-state index contributed by atoms with van der Waals surface area (Å²) in [5, 5.41) is 11.2. The van der Waals surface area contributed by atoms with E-state index >= 15 is 0 Å². The van der Waals surface area contributed by atoms with Gasteiger partial charge in [0.1, 0.15) is 13.2 Å². The van der Waals surface area contributed by atoms with Gasteiger partial charge in [-0.25, -0.2) is 4.79 Å². The highest BCUT2D eigenvalue weighted by Gasteiger charge is 2.41. The minimum atomic E-state index is -1.80. The maximum Gasteiger partial charge on any atom is 0.347 e. The normalized spacial score (nSPS) is 11.5. The number of likely N-dealkylation sites (N-methyl/N-ethyl adjacent to an activating group) is 1. The van der Waals surface area contributed by atoms with E-state index in [1.165, 1.54) is 0 Å². The Morgan fingerprint density at radius 3 is 1.84 bits per heavy atom. The number of hydrogen-bond acceptors (Lipinski definition) is 3. The minimum absolute atomic E-state index is 0. The fourth-order valence-corrected chi connectivity index (χ4v) is 2.41. The molecule has 0 saturated heterocycles. The second-order valence-electron chi connectivity index (χ2n) is 6.55. The second-order valence-corrected chi connectivity index (χ2v) is 6.55. The van der Waals surface area contributed by atoms with E-state index in [9.17, 15) is 9.90 Å². The van der Waals surface area contributed by atoms with E-state index in [1.54, 1.807) is 48.5 Å². The van der Waals surface area contributed by atoms with Crippen LogP contribution in [0.15, 0.2) is 60.7 Å². The summed E-state index contributed by atoms with van der Waals surface area (Å²) >= 11 is 0. The Labute approximate surface area is 156 Å². The molecule has 2 rings (SSSR count). The molecule has 0 atom stereocenters. The van der Waals surface area contributed by atoms with Crippen molar-refractivity contribution in [1.82, 2.24) is 0 Å². The Morgan fingerprint density at radius 1 is 1.00 bits per heavy atom. The van der Waals surface area contributed by atoms with E-state index < -0.39 is 11.6 Å². The van der Waals surface area contributed by atoms with Crippen LogP contribution in [0.25, 0.3) is 0 Å². The maximum atomic E-state index is 12.8. The number of carbonyl (C=O) groups is 1. The van der Waals surface area contributed by atoms with Gasteiger partial charge in [-0.15, -0.1) is 0 Å². The Bertz CT molecular complexity index is 620. The molecule has 0 unspecified atom stereocenters. The molecule has 0 aliphatic heterocycles. The molecule has 25 heavy (non-hydrogen) atoms. The number of rotatable bonds is 7. The van der Waals surface area contributed by atoms with Crippen LogP contribution < -0.4 is 12.4 Å². The lowest BCUT2D eigenvalue weighted by atomic mass is 9.86. The van der Waals surface area contributed by atoms with Crippen LogP contribution in [0.4, 0.5) is 0 Å². The van der Waals surface area contributed by atoms with Gasteiger partial charge < -0.3 is 26.7 Å². The van der Waals surface area contributed by atoms with Gasteiger partial charge in [-0.05, 0) is 18.1 Å². The van der Waals surface area contributed by atoms with Gasteiger partial charge in [0.15, 0.2) is 0 Å². The highest BCUT2D eigenvalue weighted by molar-refractivity contribution is 5.85. The van der Waals surface area contributed by atoms with Crippen molar-refractivity contribution >= 4 is 5.97 Å². The third kappa shape index (κ3) is 5.05. The first-order valence-corrected chi connectivity index (χ1v) is 8.23. The number of benzene rings is 2. The molecule has 0 spiro atoms. The molecule has 0 bridgehead atoms. The first-order valence-electron chi connectivity index (χ1n) is 8.23. The second kappa shape index (κ2) is 8.99. The molecule has 0 fully saturated rings. The lowest BCUT2D eigenvalue weighted by Gasteiger charge is -2.30. The number of nitrogens with zero attached hydrogens (tertiary/aromatic N) is 1. The van der Waals surface area contributed by atoms with Gasteiger partial charge in [0.05, 0.1) is 20.6 Å². The Morgan fingerprint density at radius 2 is 1.44 bits per heavy atom. The molecule has 0 aliphatic rings. The third-order valence-corrected chi connectivity index (χ3v) is 4.46. The van der Waals surface area contributed by atoms with Crippen LogP contribution >= 0.6 is 0 Å². The molecular formula is C20H26ClNO3. The van der Waals surface area contributed by atoms with Crippen molar-refractivity contribution in [3.05, 3.63) is 71.8 Å². The molecule has 0 heterocycles. The minimum Gasteiger partial charge on any atom is -1.00 e. The molecule has 4 nitrogen and oxygen atoms in total. The number of hydrogen-bond donors (Lipinski definition) is 1. The predicted octanol–water partition coefficient (Wildman–Crippen LogP) is -0.434. The summed E-state index contributed by atoms with van der Waals surface area (Å²) in [6.07, 6.45) is 0. The third-order valence-electron chi connectivity index (χ3n) is 4.46. The number of halogens is 1. The first-order chi connectivity index (χ1) is 11.4. The zero-order valence-corrected chi connectivity index (χ0v) is 15.7. The molecule has 0 saturated carbocycles. The molecule has 0 amide bonds. The van der Waals surface area contributed by atoms with Crippen molar-refractivity contribution in [1.29, 1.82) is 0 Å². The molecule has 0 radical (unpaired) electrons. The summed E-state index contributed by atoms with van der Waals surface area (Å²) in [4.78, 5) is 12.8. The Hall–Kier alpha value is -1.88. The average Bonchev–Trinajstić information content (AvgIpc) is 2.62. The van der Waals surface area contributed by atoms with E-state index in [0.29, 0.717) is 17.7 Å². The molecule has 0 aromatic heterocycles. The van der Waals surface area contributed by atoms with Crippen LogP contribution in [-0.4, -0.2) is 49.4 Å². The first kappa shape index (κ1) is 21.2. The van der Waals surface area contributed by atoms with E-state index in [-0.39, 0.29) is 19.0 Å². The number of carbonyl (C=O) groups excluding carboxylic acids is 1. The summed E-state index contributed by atoms with van der Waals surface area (Å²) < 4.78 is 6.20. The maximum absolute atomic E-state index is 12.8. The molecule has 5 heteroatoms. The van der Waals surface area contributed by atoms with Gasteiger partial charge in [0.2, 0.25) is 5.60 Å². The topological polar surface area (TPSA) is 46.5 Å². The van der Waals surface area contributed by atoms with Gasteiger partial charge in [-0.1, -0.05) is 60.7 Å². The Kier molecular flexibility index (Phi) is 7.61.